The molecule has 1 aliphatic heterocycles. The van der Waals surface area contributed by atoms with E-state index >= 15 is 0 Å². The highest BCUT2D eigenvalue weighted by atomic mass is 35.5. The molecule has 168 valence electrons. The molecule has 1 aromatic heterocycles. The van der Waals surface area contributed by atoms with E-state index < -0.39 is 0 Å². The van der Waals surface area contributed by atoms with Crippen molar-refractivity contribution in [1.29, 1.82) is 0 Å². The largest absolute Gasteiger partial charge is 0.494 e. The number of aromatic nitrogens is 2. The lowest BCUT2D eigenvalue weighted by Gasteiger charge is -2.36. The zero-order valence-corrected chi connectivity index (χ0v) is 19.4. The van der Waals surface area contributed by atoms with E-state index in [0.29, 0.717) is 18.8 Å². The number of unbranched alkanes of at least 4 members (excludes halogenated alkanes) is 1. The van der Waals surface area contributed by atoms with Gasteiger partial charge in [0.15, 0.2) is 0 Å². The molecular formula is C25H29ClN4O2. The molecule has 7 heteroatoms. The number of piperazine rings is 1. The van der Waals surface area contributed by atoms with Gasteiger partial charge in [-0.3, -0.25) is 9.89 Å². The lowest BCUT2D eigenvalue weighted by Crippen LogP contribution is -2.49. The highest BCUT2D eigenvalue weighted by Gasteiger charge is 2.24. The molecule has 0 radical (unpaired) electrons. The molecule has 6 nitrogen and oxygen atoms in total. The molecule has 4 rings (SSSR count). The monoisotopic (exact) mass is 452 g/mol. The summed E-state index contributed by atoms with van der Waals surface area (Å²) in [5.74, 6) is 0.826. The molecule has 0 aliphatic carbocycles. The highest BCUT2D eigenvalue weighted by molar-refractivity contribution is 6.30. The Bertz CT molecular complexity index is 1060. The van der Waals surface area contributed by atoms with Crippen molar-refractivity contribution in [2.75, 3.05) is 37.7 Å². The number of anilines is 1. The van der Waals surface area contributed by atoms with Crippen LogP contribution in [0.1, 0.15) is 35.8 Å². The van der Waals surface area contributed by atoms with Crippen molar-refractivity contribution in [3.8, 4) is 17.0 Å². The molecule has 32 heavy (non-hydrogen) atoms. The maximum absolute atomic E-state index is 13.0. The molecular weight excluding hydrogens is 424 g/mol. The van der Waals surface area contributed by atoms with Crippen LogP contribution in [0.2, 0.25) is 5.02 Å². The van der Waals surface area contributed by atoms with Crippen molar-refractivity contribution in [2.24, 2.45) is 0 Å². The van der Waals surface area contributed by atoms with Gasteiger partial charge in [-0.05, 0) is 61.4 Å². The summed E-state index contributed by atoms with van der Waals surface area (Å²) < 4.78 is 5.71. The van der Waals surface area contributed by atoms with Gasteiger partial charge in [-0.15, -0.1) is 0 Å². The Morgan fingerprint density at radius 2 is 1.84 bits per heavy atom. The molecule has 3 aromatic rings. The highest BCUT2D eigenvalue weighted by Crippen LogP contribution is 2.26. The summed E-state index contributed by atoms with van der Waals surface area (Å²) >= 11 is 6.18. The van der Waals surface area contributed by atoms with Crippen molar-refractivity contribution >= 4 is 23.2 Å². The Labute approximate surface area is 194 Å². The fourth-order valence-electron chi connectivity index (χ4n) is 3.88. The first kappa shape index (κ1) is 22.2. The summed E-state index contributed by atoms with van der Waals surface area (Å²) in [4.78, 5) is 17.2. The predicted octanol–water partition coefficient (Wildman–Crippen LogP) is 5.18. The predicted molar refractivity (Wildman–Crippen MR) is 129 cm³/mol. The number of hydrogen-bond donors (Lipinski definition) is 1. The van der Waals surface area contributed by atoms with Gasteiger partial charge < -0.3 is 14.5 Å². The number of nitrogens with one attached hydrogen (secondary N) is 1. The first-order valence-corrected chi connectivity index (χ1v) is 11.5. The zero-order chi connectivity index (χ0) is 22.5. The second kappa shape index (κ2) is 10.1. The van der Waals surface area contributed by atoms with Crippen molar-refractivity contribution in [3.05, 3.63) is 64.8 Å². The molecule has 0 bridgehead atoms. The summed E-state index contributed by atoms with van der Waals surface area (Å²) in [5, 5.41) is 8.00. The van der Waals surface area contributed by atoms with Crippen molar-refractivity contribution in [2.45, 2.75) is 26.7 Å². The molecule has 1 saturated heterocycles. The molecule has 0 saturated carbocycles. The van der Waals surface area contributed by atoms with Crippen LogP contribution in [-0.2, 0) is 0 Å². The Morgan fingerprint density at radius 3 is 2.56 bits per heavy atom. The number of H-pyrrole nitrogens is 1. The quantitative estimate of drug-likeness (QED) is 0.502. The summed E-state index contributed by atoms with van der Waals surface area (Å²) in [6.45, 7) is 7.80. The van der Waals surface area contributed by atoms with Crippen LogP contribution in [0.5, 0.6) is 5.75 Å². The van der Waals surface area contributed by atoms with Gasteiger partial charge >= 0.3 is 0 Å². The van der Waals surface area contributed by atoms with E-state index in [1.54, 1.807) is 0 Å². The van der Waals surface area contributed by atoms with Crippen LogP contribution in [-0.4, -0.2) is 53.8 Å². The third-order valence-corrected chi connectivity index (χ3v) is 6.04. The minimum atomic E-state index is -0.0225. The van der Waals surface area contributed by atoms with E-state index in [-0.39, 0.29) is 5.91 Å². The number of hydrogen-bond acceptors (Lipinski definition) is 4. The number of carbonyl (C=O) groups is 1. The maximum Gasteiger partial charge on any atom is 0.272 e. The summed E-state index contributed by atoms with van der Waals surface area (Å²) in [7, 11) is 0. The number of ether oxygens (including phenoxy) is 1. The lowest BCUT2D eigenvalue weighted by molar-refractivity contribution is 0.0741. The fourth-order valence-corrected chi connectivity index (χ4v) is 4.05. The van der Waals surface area contributed by atoms with Crippen molar-refractivity contribution in [3.63, 3.8) is 0 Å². The standard InChI is InChI=1S/C25H29ClN4O2/c1-3-4-15-32-21-9-6-19(7-10-21)22-17-23(28-27-22)25(31)30-13-11-29(12-14-30)24-16-20(26)8-5-18(24)2/h5-10,16-17H,3-4,11-15H2,1-2H3,(H,27,28). The summed E-state index contributed by atoms with van der Waals surface area (Å²) in [5.41, 5.74) is 4.53. The van der Waals surface area contributed by atoms with Crippen LogP contribution in [0.25, 0.3) is 11.3 Å². The van der Waals surface area contributed by atoms with Crippen molar-refractivity contribution < 1.29 is 9.53 Å². The molecule has 1 fully saturated rings. The van der Waals surface area contributed by atoms with Gasteiger partial charge in [0.25, 0.3) is 5.91 Å². The molecule has 1 aliphatic rings. The molecule has 0 spiro atoms. The number of benzene rings is 2. The SMILES string of the molecule is CCCCOc1ccc(-c2cc(C(=O)N3CCN(c4cc(Cl)ccc4C)CC3)[nH]n2)cc1. The Hall–Kier alpha value is -2.99. The van der Waals surface area contributed by atoms with Crippen LogP contribution < -0.4 is 9.64 Å². The second-order valence-corrected chi connectivity index (χ2v) is 8.54. The molecule has 1 amide bonds. The first-order chi connectivity index (χ1) is 15.5. The Kier molecular flexibility index (Phi) is 7.00. The van der Waals surface area contributed by atoms with Gasteiger partial charge in [-0.25, -0.2) is 0 Å². The van der Waals surface area contributed by atoms with Crippen LogP contribution in [0.15, 0.2) is 48.5 Å². The Morgan fingerprint density at radius 1 is 1.09 bits per heavy atom. The topological polar surface area (TPSA) is 61.5 Å². The number of rotatable bonds is 7. The van der Waals surface area contributed by atoms with Gasteiger partial charge in [0.2, 0.25) is 0 Å². The zero-order valence-electron chi connectivity index (χ0n) is 18.6. The third-order valence-electron chi connectivity index (χ3n) is 5.80. The average Bonchev–Trinajstić information content (AvgIpc) is 3.31. The number of aryl methyl sites for hydroxylation is 1. The fraction of sp³-hybridized carbons (Fsp3) is 0.360. The number of amides is 1. The van der Waals surface area contributed by atoms with E-state index in [4.69, 9.17) is 16.3 Å². The minimum absolute atomic E-state index is 0.0225. The number of halogens is 1. The van der Waals surface area contributed by atoms with Gasteiger partial charge in [-0.2, -0.15) is 5.10 Å². The third kappa shape index (κ3) is 5.07. The van der Waals surface area contributed by atoms with Gasteiger partial charge in [0.05, 0.1) is 12.3 Å². The number of nitrogens with zero attached hydrogens (tertiary/aromatic N) is 3. The molecule has 0 atom stereocenters. The van der Waals surface area contributed by atoms with Crippen LogP contribution in [0, 0.1) is 6.92 Å². The van der Waals surface area contributed by atoms with Crippen LogP contribution in [0.4, 0.5) is 5.69 Å². The van der Waals surface area contributed by atoms with Crippen molar-refractivity contribution in [1.82, 2.24) is 15.1 Å². The van der Waals surface area contributed by atoms with E-state index in [9.17, 15) is 4.79 Å². The Balaban J connectivity index is 1.36. The normalized spacial score (nSPS) is 14.0. The number of aromatic amines is 1. The van der Waals surface area contributed by atoms with E-state index in [1.807, 2.05) is 53.4 Å². The molecule has 2 aromatic carbocycles. The van der Waals surface area contributed by atoms with Crippen LogP contribution in [0.3, 0.4) is 0 Å². The first-order valence-electron chi connectivity index (χ1n) is 11.1. The van der Waals surface area contributed by atoms with Gasteiger partial charge in [0, 0.05) is 42.5 Å². The van der Waals surface area contributed by atoms with E-state index in [0.717, 1.165) is 60.3 Å². The van der Waals surface area contributed by atoms with Crippen LogP contribution >= 0.6 is 11.6 Å². The second-order valence-electron chi connectivity index (χ2n) is 8.10. The van der Waals surface area contributed by atoms with Gasteiger partial charge in [-0.1, -0.05) is 31.0 Å². The summed E-state index contributed by atoms with van der Waals surface area (Å²) in [6, 6.07) is 15.6. The minimum Gasteiger partial charge on any atom is -0.494 e. The summed E-state index contributed by atoms with van der Waals surface area (Å²) in [6.07, 6.45) is 2.15. The molecule has 0 unspecified atom stereocenters. The van der Waals surface area contributed by atoms with E-state index in [2.05, 4.69) is 28.9 Å². The smallest absolute Gasteiger partial charge is 0.272 e. The van der Waals surface area contributed by atoms with E-state index in [1.165, 1.54) is 5.56 Å². The molecule has 1 N–H and O–H groups in total. The van der Waals surface area contributed by atoms with Gasteiger partial charge in [0.1, 0.15) is 11.4 Å². The molecule has 2 heterocycles. The average molecular weight is 453 g/mol. The number of carbonyl (C=O) groups excluding carboxylic acids is 1. The maximum atomic E-state index is 13.0. The lowest BCUT2D eigenvalue weighted by atomic mass is 10.1.